The molecule has 4 rings (SSSR count). The van der Waals surface area contributed by atoms with Crippen molar-refractivity contribution in [1.29, 1.82) is 0 Å². The summed E-state index contributed by atoms with van der Waals surface area (Å²) < 4.78 is 5.39. The maximum absolute atomic E-state index is 14.2. The van der Waals surface area contributed by atoms with E-state index < -0.39 is 41.7 Å². The van der Waals surface area contributed by atoms with Gasteiger partial charge in [0.1, 0.15) is 6.04 Å². The molecule has 8 heteroatoms. The lowest BCUT2D eigenvalue weighted by atomic mass is 9.69. The third-order valence-electron chi connectivity index (χ3n) is 7.51. The number of halogens is 1. The summed E-state index contributed by atoms with van der Waals surface area (Å²) in [7, 11) is 0. The van der Waals surface area contributed by atoms with Gasteiger partial charge in [0.05, 0.1) is 41.8 Å². The third kappa shape index (κ3) is 5.03. The molecular formula is C29H33ClN2O5. The van der Waals surface area contributed by atoms with E-state index in [9.17, 15) is 19.5 Å². The Morgan fingerprint density at radius 1 is 1.11 bits per heavy atom. The second-order valence-corrected chi connectivity index (χ2v) is 9.97. The van der Waals surface area contributed by atoms with Crippen molar-refractivity contribution in [3.05, 3.63) is 76.8 Å². The molecule has 0 radical (unpaired) electrons. The van der Waals surface area contributed by atoms with Crippen LogP contribution in [0, 0.1) is 30.6 Å². The summed E-state index contributed by atoms with van der Waals surface area (Å²) in [6, 6.07) is 12.7. The van der Waals surface area contributed by atoms with E-state index in [1.165, 1.54) is 4.90 Å². The Balaban J connectivity index is 1.81. The van der Waals surface area contributed by atoms with Crippen molar-refractivity contribution < 1.29 is 24.2 Å². The minimum atomic E-state index is -0.962. The maximum atomic E-state index is 14.2. The zero-order valence-electron chi connectivity index (χ0n) is 21.3. The molecule has 2 amide bonds. The van der Waals surface area contributed by atoms with Crippen LogP contribution < -0.4 is 5.32 Å². The summed E-state index contributed by atoms with van der Waals surface area (Å²) in [6.45, 7) is 5.35. The number of aliphatic hydroxyl groups is 1. The van der Waals surface area contributed by atoms with Gasteiger partial charge < -0.3 is 20.1 Å². The van der Waals surface area contributed by atoms with Gasteiger partial charge in [-0.15, -0.1) is 0 Å². The number of amides is 2. The fourth-order valence-electron chi connectivity index (χ4n) is 5.75. The third-order valence-corrected chi connectivity index (χ3v) is 7.82. The predicted molar refractivity (Wildman–Crippen MR) is 142 cm³/mol. The van der Waals surface area contributed by atoms with Crippen molar-refractivity contribution in [2.24, 2.45) is 23.7 Å². The van der Waals surface area contributed by atoms with Crippen molar-refractivity contribution in [3.8, 4) is 0 Å². The van der Waals surface area contributed by atoms with E-state index in [1.807, 2.05) is 62.4 Å². The van der Waals surface area contributed by atoms with Gasteiger partial charge in [-0.05, 0) is 43.4 Å². The van der Waals surface area contributed by atoms with E-state index in [-0.39, 0.29) is 25.0 Å². The highest BCUT2D eigenvalue weighted by Crippen LogP contribution is 2.48. The van der Waals surface area contributed by atoms with Gasteiger partial charge in [-0.2, -0.15) is 0 Å². The average Bonchev–Trinajstić information content (AvgIpc) is 3.19. The molecule has 0 saturated carbocycles. The highest BCUT2D eigenvalue weighted by atomic mass is 35.5. The molecule has 0 unspecified atom stereocenters. The molecule has 1 fully saturated rings. The Labute approximate surface area is 222 Å². The highest BCUT2D eigenvalue weighted by Gasteiger charge is 2.59. The number of rotatable bonds is 8. The van der Waals surface area contributed by atoms with Crippen LogP contribution in [0.1, 0.15) is 37.4 Å². The van der Waals surface area contributed by atoms with Crippen LogP contribution in [0.4, 0.5) is 5.69 Å². The number of benzene rings is 2. The lowest BCUT2D eigenvalue weighted by Crippen LogP contribution is -2.47. The van der Waals surface area contributed by atoms with Crippen LogP contribution in [0.3, 0.4) is 0 Å². The summed E-state index contributed by atoms with van der Waals surface area (Å²) in [6.07, 6.45) is 4.46. The number of esters is 1. The molecule has 7 nitrogen and oxygen atoms in total. The van der Waals surface area contributed by atoms with Gasteiger partial charge in [0.2, 0.25) is 11.8 Å². The number of hydrogen-bond acceptors (Lipinski definition) is 5. The lowest BCUT2D eigenvalue weighted by molar-refractivity contribution is -0.156. The standard InChI is InChI=1S/C29H33ClN2O5/c1-4-18-14-15-20-24(23(18)29(36)37-5-2)28(35)32(22(16-33)19-11-7-6-8-12-19)26(20)27(34)31-25-17(3)10-9-13-21(25)30/h6-15,18,20,22-24,26,33H,4-5,16H2,1-3H3,(H,31,34)/t18-,20+,22-,23-,24-,26+/m1/s1. The normalized spacial score (nSPS) is 25.5. The van der Waals surface area contributed by atoms with E-state index in [1.54, 1.807) is 19.1 Å². The molecule has 0 bridgehead atoms. The fourth-order valence-corrected chi connectivity index (χ4v) is 6.01. The minimum absolute atomic E-state index is 0.192. The number of aliphatic hydroxyl groups excluding tert-OH is 1. The van der Waals surface area contributed by atoms with Crippen molar-refractivity contribution in [2.45, 2.75) is 39.3 Å². The zero-order chi connectivity index (χ0) is 26.7. The average molecular weight is 525 g/mol. The van der Waals surface area contributed by atoms with E-state index in [2.05, 4.69) is 5.32 Å². The SMILES string of the molecule is CCOC(=O)[C@H]1[C@@H]2C(=O)N([C@H](CO)c3ccccc3)[C@H](C(=O)Nc3c(C)cccc3Cl)[C@H]2C=C[C@H]1CC. The fraction of sp³-hybridized carbons (Fsp3) is 0.414. The van der Waals surface area contributed by atoms with Crippen molar-refractivity contribution in [3.63, 3.8) is 0 Å². The number of carbonyl (C=O) groups excluding carboxylic acids is 3. The Kier molecular flexibility index (Phi) is 8.35. The Bertz CT molecular complexity index is 1160. The van der Waals surface area contributed by atoms with Crippen molar-refractivity contribution >= 4 is 35.1 Å². The number of nitrogens with zero attached hydrogens (tertiary/aromatic N) is 1. The number of hydrogen-bond donors (Lipinski definition) is 2. The van der Waals surface area contributed by atoms with Gasteiger partial charge >= 0.3 is 5.97 Å². The minimum Gasteiger partial charge on any atom is -0.466 e. The van der Waals surface area contributed by atoms with Gasteiger partial charge in [-0.3, -0.25) is 14.4 Å². The Hall–Kier alpha value is -3.16. The first-order valence-corrected chi connectivity index (χ1v) is 13.1. The quantitative estimate of drug-likeness (QED) is 0.390. The van der Waals surface area contributed by atoms with Crippen LogP contribution in [0.25, 0.3) is 0 Å². The first kappa shape index (κ1) is 26.9. The molecule has 2 N–H and O–H groups in total. The Morgan fingerprint density at radius 2 is 1.84 bits per heavy atom. The number of likely N-dealkylation sites (tertiary alicyclic amines) is 1. The second-order valence-electron chi connectivity index (χ2n) is 9.56. The van der Waals surface area contributed by atoms with Gasteiger partial charge in [-0.25, -0.2) is 0 Å². The molecule has 0 aromatic heterocycles. The maximum Gasteiger partial charge on any atom is 0.310 e. The molecule has 1 heterocycles. The van der Waals surface area contributed by atoms with Gasteiger partial charge in [0.25, 0.3) is 0 Å². The zero-order valence-corrected chi connectivity index (χ0v) is 22.0. The monoisotopic (exact) mass is 524 g/mol. The van der Waals surface area contributed by atoms with Crippen LogP contribution in [0.2, 0.25) is 5.02 Å². The number of para-hydroxylation sites is 1. The van der Waals surface area contributed by atoms with Crippen molar-refractivity contribution in [2.75, 3.05) is 18.5 Å². The van der Waals surface area contributed by atoms with Crippen LogP contribution in [0.15, 0.2) is 60.7 Å². The number of aryl methyl sites for hydroxylation is 1. The predicted octanol–water partition coefficient (Wildman–Crippen LogP) is 4.54. The number of carbonyl (C=O) groups is 3. The Morgan fingerprint density at radius 3 is 2.46 bits per heavy atom. The van der Waals surface area contributed by atoms with E-state index in [0.29, 0.717) is 22.7 Å². The topological polar surface area (TPSA) is 95.9 Å². The summed E-state index contributed by atoms with van der Waals surface area (Å²) in [5, 5.41) is 13.8. The largest absolute Gasteiger partial charge is 0.466 e. The van der Waals surface area contributed by atoms with Gasteiger partial charge in [0, 0.05) is 5.92 Å². The molecule has 1 saturated heterocycles. The first-order valence-electron chi connectivity index (χ1n) is 12.7. The summed E-state index contributed by atoms with van der Waals surface area (Å²) in [5.74, 6) is -3.48. The van der Waals surface area contributed by atoms with Crippen molar-refractivity contribution in [1.82, 2.24) is 4.90 Å². The molecule has 37 heavy (non-hydrogen) atoms. The number of nitrogens with one attached hydrogen (secondary N) is 1. The van der Waals surface area contributed by atoms with Crippen LogP contribution in [-0.2, 0) is 19.1 Å². The molecule has 2 aliphatic rings. The number of fused-ring (bicyclic) bond motifs is 1. The lowest BCUT2D eigenvalue weighted by Gasteiger charge is -2.34. The molecule has 196 valence electrons. The van der Waals surface area contributed by atoms with Crippen LogP contribution >= 0.6 is 11.6 Å². The van der Waals surface area contributed by atoms with E-state index in [4.69, 9.17) is 16.3 Å². The van der Waals surface area contributed by atoms with Crippen LogP contribution in [0.5, 0.6) is 0 Å². The van der Waals surface area contributed by atoms with E-state index in [0.717, 1.165) is 5.56 Å². The number of anilines is 1. The summed E-state index contributed by atoms with van der Waals surface area (Å²) in [5.41, 5.74) is 1.95. The van der Waals surface area contributed by atoms with Crippen LogP contribution in [-0.4, -0.2) is 47.0 Å². The smallest absolute Gasteiger partial charge is 0.310 e. The molecule has 1 aliphatic carbocycles. The molecule has 0 spiro atoms. The van der Waals surface area contributed by atoms with Gasteiger partial charge in [-0.1, -0.05) is 73.1 Å². The molecule has 1 aliphatic heterocycles. The number of ether oxygens (including phenoxy) is 1. The molecule has 2 aromatic rings. The molecule has 6 atom stereocenters. The highest BCUT2D eigenvalue weighted by molar-refractivity contribution is 6.34. The summed E-state index contributed by atoms with van der Waals surface area (Å²) >= 11 is 6.40. The number of allylic oxidation sites excluding steroid dienone is 1. The summed E-state index contributed by atoms with van der Waals surface area (Å²) in [4.78, 5) is 42.7. The van der Waals surface area contributed by atoms with E-state index >= 15 is 0 Å². The first-order chi connectivity index (χ1) is 17.8. The molecular weight excluding hydrogens is 492 g/mol. The second kappa shape index (κ2) is 11.5. The molecule has 2 aromatic carbocycles. The van der Waals surface area contributed by atoms with Gasteiger partial charge in [0.15, 0.2) is 0 Å².